The summed E-state index contributed by atoms with van der Waals surface area (Å²) >= 11 is 12.2. The average molecular weight is 454 g/mol. The third-order valence-corrected chi connectivity index (χ3v) is 4.26. The minimum Gasteiger partial charge on any atom is -0.493 e. The van der Waals surface area contributed by atoms with Crippen molar-refractivity contribution in [1.82, 2.24) is 10.7 Å². The number of carbonyl (C=O) groups excluding carboxylic acids is 2. The van der Waals surface area contributed by atoms with Gasteiger partial charge in [-0.25, -0.2) is 5.43 Å². The molecule has 30 heavy (non-hydrogen) atoms. The van der Waals surface area contributed by atoms with Crippen LogP contribution in [0.3, 0.4) is 0 Å². The number of nitrogens with zero attached hydrogens (tertiary/aromatic N) is 1. The van der Waals surface area contributed by atoms with E-state index >= 15 is 0 Å². The molecule has 0 fully saturated rings. The third-order valence-electron chi connectivity index (χ3n) is 3.73. The molecular formula is C20H21Cl2N3O5. The Balaban J connectivity index is 2.00. The van der Waals surface area contributed by atoms with Crippen molar-refractivity contribution in [3.8, 4) is 11.5 Å². The second-order valence-corrected chi connectivity index (χ2v) is 6.74. The van der Waals surface area contributed by atoms with Crippen LogP contribution >= 0.6 is 23.2 Å². The Morgan fingerprint density at radius 3 is 2.50 bits per heavy atom. The van der Waals surface area contributed by atoms with Crippen LogP contribution in [0.4, 0.5) is 0 Å². The van der Waals surface area contributed by atoms with E-state index in [0.717, 1.165) is 5.56 Å². The predicted molar refractivity (Wildman–Crippen MR) is 114 cm³/mol. The second kappa shape index (κ2) is 12.0. The van der Waals surface area contributed by atoms with Gasteiger partial charge in [0.2, 0.25) is 0 Å². The van der Waals surface area contributed by atoms with E-state index in [0.29, 0.717) is 33.7 Å². The van der Waals surface area contributed by atoms with E-state index in [1.165, 1.54) is 20.4 Å². The molecule has 2 N–H and O–H groups in total. The largest absolute Gasteiger partial charge is 0.493 e. The molecule has 0 aliphatic carbocycles. The molecule has 10 heteroatoms. The molecule has 0 radical (unpaired) electrons. The van der Waals surface area contributed by atoms with Crippen LogP contribution in [0, 0.1) is 0 Å². The summed E-state index contributed by atoms with van der Waals surface area (Å²) in [6.45, 7) is 0.790. The highest BCUT2D eigenvalue weighted by molar-refractivity contribution is 6.35. The lowest BCUT2D eigenvalue weighted by Crippen LogP contribution is -2.39. The van der Waals surface area contributed by atoms with Crippen LogP contribution in [-0.2, 0) is 20.9 Å². The summed E-state index contributed by atoms with van der Waals surface area (Å²) in [7, 11) is 2.97. The van der Waals surface area contributed by atoms with Gasteiger partial charge in [0.1, 0.15) is 6.61 Å². The number of carbonyl (C=O) groups is 2. The second-order valence-electron chi connectivity index (χ2n) is 5.90. The van der Waals surface area contributed by atoms with Crippen LogP contribution in [-0.4, -0.2) is 45.4 Å². The molecule has 0 aromatic heterocycles. The lowest BCUT2D eigenvalue weighted by atomic mass is 10.2. The molecule has 0 spiro atoms. The highest BCUT2D eigenvalue weighted by atomic mass is 35.5. The molecule has 2 aromatic carbocycles. The molecule has 0 saturated carbocycles. The van der Waals surface area contributed by atoms with E-state index in [-0.39, 0.29) is 13.2 Å². The maximum atomic E-state index is 11.7. The van der Waals surface area contributed by atoms with Crippen molar-refractivity contribution in [1.29, 1.82) is 0 Å². The van der Waals surface area contributed by atoms with Crippen molar-refractivity contribution < 1.29 is 23.8 Å². The molecule has 2 aromatic rings. The summed E-state index contributed by atoms with van der Waals surface area (Å²) in [5, 5.41) is 7.07. The predicted octanol–water partition coefficient (Wildman–Crippen LogP) is 2.79. The summed E-state index contributed by atoms with van der Waals surface area (Å²) in [6.07, 6.45) is 1.33. The molecule has 0 aliphatic heterocycles. The minimum atomic E-state index is -0.900. The van der Waals surface area contributed by atoms with E-state index in [1.54, 1.807) is 24.3 Å². The Morgan fingerprint density at radius 2 is 1.83 bits per heavy atom. The molecule has 160 valence electrons. The van der Waals surface area contributed by atoms with Gasteiger partial charge in [-0.3, -0.25) is 9.59 Å². The summed E-state index contributed by atoms with van der Waals surface area (Å²) in [4.78, 5) is 23.2. The van der Waals surface area contributed by atoms with Crippen LogP contribution < -0.4 is 20.2 Å². The summed E-state index contributed by atoms with van der Waals surface area (Å²) in [5.74, 6) is -0.955. The molecule has 2 rings (SSSR count). The van der Waals surface area contributed by atoms with Gasteiger partial charge in [-0.15, -0.1) is 0 Å². The van der Waals surface area contributed by atoms with Crippen LogP contribution in [0.25, 0.3) is 0 Å². The van der Waals surface area contributed by atoms with E-state index in [9.17, 15) is 9.59 Å². The monoisotopic (exact) mass is 453 g/mol. The first kappa shape index (κ1) is 23.5. The number of ether oxygens (including phenoxy) is 3. The zero-order valence-corrected chi connectivity index (χ0v) is 17.9. The van der Waals surface area contributed by atoms with Gasteiger partial charge in [-0.1, -0.05) is 35.3 Å². The van der Waals surface area contributed by atoms with E-state index in [2.05, 4.69) is 15.8 Å². The number of halogens is 2. The Labute approximate surface area is 184 Å². The van der Waals surface area contributed by atoms with Gasteiger partial charge < -0.3 is 19.5 Å². The van der Waals surface area contributed by atoms with Crippen LogP contribution in [0.1, 0.15) is 11.1 Å². The quantitative estimate of drug-likeness (QED) is 0.263. The highest BCUT2D eigenvalue weighted by Crippen LogP contribution is 2.36. The van der Waals surface area contributed by atoms with Gasteiger partial charge in [0.05, 0.1) is 25.0 Å². The number of rotatable bonds is 9. The summed E-state index contributed by atoms with van der Waals surface area (Å²) in [5.41, 5.74) is 3.58. The fourth-order valence-corrected chi connectivity index (χ4v) is 2.65. The minimum absolute atomic E-state index is 0.219. The molecule has 0 bridgehead atoms. The lowest BCUT2D eigenvalue weighted by Gasteiger charge is -2.13. The van der Waals surface area contributed by atoms with E-state index < -0.39 is 11.8 Å². The standard InChI is InChI=1S/C20H21Cl2N3O5/c1-28-8-7-23-19(26)20(27)25-24-11-14-9-16(22)18(17(10-14)29-2)30-12-13-3-5-15(21)6-4-13/h3-6,9-11H,7-8,12H2,1-2H3,(H,23,26)(H,25,27)/b24-11-. The maximum absolute atomic E-state index is 11.7. The molecule has 0 unspecified atom stereocenters. The van der Waals surface area contributed by atoms with Crippen molar-refractivity contribution in [2.45, 2.75) is 6.61 Å². The fourth-order valence-electron chi connectivity index (χ4n) is 2.25. The molecule has 2 amide bonds. The van der Waals surface area contributed by atoms with Gasteiger partial charge in [-0.2, -0.15) is 5.10 Å². The van der Waals surface area contributed by atoms with Gasteiger partial charge >= 0.3 is 11.8 Å². The van der Waals surface area contributed by atoms with Crippen LogP contribution in [0.15, 0.2) is 41.5 Å². The van der Waals surface area contributed by atoms with Gasteiger partial charge in [0.25, 0.3) is 0 Å². The molecule has 0 atom stereocenters. The number of hydrazone groups is 1. The Kier molecular flexibility index (Phi) is 9.40. The summed E-state index contributed by atoms with van der Waals surface area (Å²) in [6, 6.07) is 10.5. The number of hydrogen-bond donors (Lipinski definition) is 2. The Bertz CT molecular complexity index is 904. The average Bonchev–Trinajstić information content (AvgIpc) is 2.73. The van der Waals surface area contributed by atoms with E-state index in [1.807, 2.05) is 12.1 Å². The maximum Gasteiger partial charge on any atom is 0.329 e. The molecule has 0 heterocycles. The number of hydrogen-bond acceptors (Lipinski definition) is 6. The van der Waals surface area contributed by atoms with Gasteiger partial charge in [-0.05, 0) is 35.4 Å². The van der Waals surface area contributed by atoms with Crippen molar-refractivity contribution in [2.75, 3.05) is 27.4 Å². The first-order valence-corrected chi connectivity index (χ1v) is 9.55. The Morgan fingerprint density at radius 1 is 1.10 bits per heavy atom. The first-order chi connectivity index (χ1) is 14.4. The molecule has 0 saturated heterocycles. The zero-order valence-electron chi connectivity index (χ0n) is 16.4. The normalized spacial score (nSPS) is 10.7. The van der Waals surface area contributed by atoms with E-state index in [4.69, 9.17) is 37.4 Å². The summed E-state index contributed by atoms with van der Waals surface area (Å²) < 4.78 is 15.9. The number of benzene rings is 2. The third kappa shape index (κ3) is 7.22. The number of methoxy groups -OCH3 is 2. The number of amides is 2. The topological polar surface area (TPSA) is 98.2 Å². The van der Waals surface area contributed by atoms with Crippen LogP contribution in [0.2, 0.25) is 10.0 Å². The van der Waals surface area contributed by atoms with Crippen molar-refractivity contribution >= 4 is 41.2 Å². The zero-order chi connectivity index (χ0) is 21.9. The SMILES string of the molecule is COCCNC(=O)C(=O)N/N=C\c1cc(Cl)c(OCc2ccc(Cl)cc2)c(OC)c1. The van der Waals surface area contributed by atoms with Crippen molar-refractivity contribution in [2.24, 2.45) is 5.10 Å². The lowest BCUT2D eigenvalue weighted by molar-refractivity contribution is -0.139. The highest BCUT2D eigenvalue weighted by Gasteiger charge is 2.13. The van der Waals surface area contributed by atoms with Gasteiger partial charge in [0.15, 0.2) is 11.5 Å². The van der Waals surface area contributed by atoms with Gasteiger partial charge in [0, 0.05) is 18.7 Å². The van der Waals surface area contributed by atoms with Crippen LogP contribution in [0.5, 0.6) is 11.5 Å². The molecule has 0 aliphatic rings. The molecule has 8 nitrogen and oxygen atoms in total. The molecular weight excluding hydrogens is 433 g/mol. The Hall–Kier alpha value is -2.81. The fraction of sp³-hybridized carbons (Fsp3) is 0.250. The van der Waals surface area contributed by atoms with Crippen molar-refractivity contribution in [3.05, 3.63) is 57.6 Å². The smallest absolute Gasteiger partial charge is 0.329 e. The number of nitrogens with one attached hydrogen (secondary N) is 2. The first-order valence-electron chi connectivity index (χ1n) is 8.79. The van der Waals surface area contributed by atoms with Crippen molar-refractivity contribution in [3.63, 3.8) is 0 Å².